The molecule has 0 aliphatic carbocycles. The number of aromatic nitrogens is 3. The SMILES string of the molecule is CC(C)(C)C[Si](C)(C)OCC#Cc1ccc2nc(-c3cccnc3)nc(Nc3ccc(F)c(Cl)c3)c2c1. The van der Waals surface area contributed by atoms with Gasteiger partial charge in [-0.3, -0.25) is 4.98 Å². The van der Waals surface area contributed by atoms with E-state index in [4.69, 9.17) is 26.0 Å². The van der Waals surface area contributed by atoms with Crippen molar-refractivity contribution >= 4 is 42.3 Å². The van der Waals surface area contributed by atoms with Crippen LogP contribution in [-0.2, 0) is 4.43 Å². The quantitative estimate of drug-likeness (QED) is 0.202. The Morgan fingerprint density at radius 3 is 2.59 bits per heavy atom. The maximum Gasteiger partial charge on any atom is 0.188 e. The van der Waals surface area contributed by atoms with E-state index >= 15 is 0 Å². The zero-order valence-corrected chi connectivity index (χ0v) is 23.4. The molecule has 1 N–H and O–H groups in total. The number of fused-ring (bicyclic) bond motifs is 1. The van der Waals surface area contributed by atoms with Crippen LogP contribution in [-0.4, -0.2) is 29.9 Å². The van der Waals surface area contributed by atoms with Crippen LogP contribution < -0.4 is 5.32 Å². The van der Waals surface area contributed by atoms with Crippen LogP contribution in [0.5, 0.6) is 0 Å². The highest BCUT2D eigenvalue weighted by Crippen LogP contribution is 2.30. The zero-order valence-electron chi connectivity index (χ0n) is 21.7. The third-order valence-electron chi connectivity index (χ3n) is 5.52. The summed E-state index contributed by atoms with van der Waals surface area (Å²) in [5.74, 6) is 6.97. The molecule has 8 heteroatoms. The first-order valence-electron chi connectivity index (χ1n) is 12.1. The van der Waals surface area contributed by atoms with E-state index in [9.17, 15) is 4.39 Å². The van der Waals surface area contributed by atoms with Gasteiger partial charge in [-0.2, -0.15) is 0 Å². The van der Waals surface area contributed by atoms with Gasteiger partial charge in [0.1, 0.15) is 11.6 Å². The monoisotopic (exact) mass is 532 g/mol. The first-order valence-corrected chi connectivity index (χ1v) is 15.6. The minimum atomic E-state index is -1.80. The molecule has 0 bridgehead atoms. The van der Waals surface area contributed by atoms with Crippen LogP contribution in [0.1, 0.15) is 26.3 Å². The van der Waals surface area contributed by atoms with Crippen LogP contribution in [0, 0.1) is 23.1 Å². The molecular weight excluding hydrogens is 503 g/mol. The van der Waals surface area contributed by atoms with E-state index in [2.05, 4.69) is 56.0 Å². The van der Waals surface area contributed by atoms with Gasteiger partial charge < -0.3 is 9.74 Å². The molecule has 0 atom stereocenters. The van der Waals surface area contributed by atoms with Crippen molar-refractivity contribution in [3.8, 4) is 23.2 Å². The van der Waals surface area contributed by atoms with Crippen molar-refractivity contribution in [3.63, 3.8) is 0 Å². The molecule has 2 aromatic carbocycles. The van der Waals surface area contributed by atoms with E-state index in [-0.39, 0.29) is 10.4 Å². The third kappa shape index (κ3) is 7.36. The lowest BCUT2D eigenvalue weighted by Gasteiger charge is -2.29. The standard InChI is InChI=1S/C29H30ClFN4OSi/c1-29(2,3)19-37(4,5)36-15-7-8-20-10-13-26-23(16-20)28(33-22-11-12-25(31)24(30)17-22)35-27(34-26)21-9-6-14-32-18-21/h6,9-14,16-18H,15,19H2,1-5H3,(H,33,34,35). The first-order chi connectivity index (χ1) is 17.5. The Bertz CT molecular complexity index is 1480. The lowest BCUT2D eigenvalue weighted by molar-refractivity contribution is 0.334. The van der Waals surface area contributed by atoms with E-state index < -0.39 is 14.1 Å². The maximum absolute atomic E-state index is 13.7. The van der Waals surface area contributed by atoms with Crippen molar-refractivity contribution < 1.29 is 8.82 Å². The van der Waals surface area contributed by atoms with Gasteiger partial charge >= 0.3 is 0 Å². The summed E-state index contributed by atoms with van der Waals surface area (Å²) in [7, 11) is -1.80. The van der Waals surface area contributed by atoms with Crippen molar-refractivity contribution in [2.24, 2.45) is 5.41 Å². The molecule has 5 nitrogen and oxygen atoms in total. The molecule has 0 saturated carbocycles. The summed E-state index contributed by atoms with van der Waals surface area (Å²) < 4.78 is 19.9. The zero-order chi connectivity index (χ0) is 26.6. The lowest BCUT2D eigenvalue weighted by Crippen LogP contribution is -2.35. The van der Waals surface area contributed by atoms with Crippen LogP contribution in [0.25, 0.3) is 22.3 Å². The van der Waals surface area contributed by atoms with Crippen LogP contribution in [0.2, 0.25) is 24.2 Å². The lowest BCUT2D eigenvalue weighted by atomic mass is 10.0. The summed E-state index contributed by atoms with van der Waals surface area (Å²) >= 11 is 6.01. The van der Waals surface area contributed by atoms with Crippen molar-refractivity contribution in [2.75, 3.05) is 11.9 Å². The highest BCUT2D eigenvalue weighted by Gasteiger charge is 2.28. The molecule has 190 valence electrons. The minimum absolute atomic E-state index is 0.0281. The van der Waals surface area contributed by atoms with Gasteiger partial charge in [-0.15, -0.1) is 0 Å². The van der Waals surface area contributed by atoms with Gasteiger partial charge in [0.15, 0.2) is 14.1 Å². The Kier molecular flexibility index (Phi) is 7.93. The van der Waals surface area contributed by atoms with Crippen LogP contribution in [0.4, 0.5) is 15.9 Å². The number of nitrogens with one attached hydrogen (secondary N) is 1. The molecule has 4 rings (SSSR count). The van der Waals surface area contributed by atoms with Gasteiger partial charge in [0.25, 0.3) is 0 Å². The molecular formula is C29H30ClFN4OSi. The first kappa shape index (κ1) is 26.7. The average molecular weight is 533 g/mol. The van der Waals surface area contributed by atoms with Crippen molar-refractivity contribution in [2.45, 2.75) is 39.9 Å². The highest BCUT2D eigenvalue weighted by atomic mass is 35.5. The largest absolute Gasteiger partial charge is 0.406 e. The molecule has 37 heavy (non-hydrogen) atoms. The summed E-state index contributed by atoms with van der Waals surface area (Å²) in [6, 6.07) is 15.1. The number of hydrogen-bond donors (Lipinski definition) is 1. The minimum Gasteiger partial charge on any atom is -0.406 e. The Labute approximate surface area is 223 Å². The van der Waals surface area contributed by atoms with Crippen molar-refractivity contribution in [1.29, 1.82) is 0 Å². The molecule has 0 aliphatic heterocycles. The number of pyridine rings is 1. The van der Waals surface area contributed by atoms with Gasteiger partial charge in [-0.1, -0.05) is 44.2 Å². The number of anilines is 2. The molecule has 4 aromatic rings. The second kappa shape index (κ2) is 11.0. The van der Waals surface area contributed by atoms with E-state index in [1.165, 1.54) is 12.1 Å². The summed E-state index contributed by atoms with van der Waals surface area (Å²) in [6.07, 6.45) is 3.41. The van der Waals surface area contributed by atoms with E-state index in [0.29, 0.717) is 23.9 Å². The average Bonchev–Trinajstić information content (AvgIpc) is 2.83. The summed E-state index contributed by atoms with van der Waals surface area (Å²) in [5.41, 5.74) is 3.19. The van der Waals surface area contributed by atoms with Crippen LogP contribution in [0.15, 0.2) is 60.9 Å². The summed E-state index contributed by atoms with van der Waals surface area (Å²) in [6.45, 7) is 11.6. The highest BCUT2D eigenvalue weighted by molar-refractivity contribution is 6.71. The third-order valence-corrected chi connectivity index (χ3v) is 8.65. The van der Waals surface area contributed by atoms with Gasteiger partial charge in [0.05, 0.1) is 17.1 Å². The molecule has 0 saturated heterocycles. The summed E-state index contributed by atoms with van der Waals surface area (Å²) in [4.78, 5) is 13.7. The maximum atomic E-state index is 13.7. The fourth-order valence-corrected chi connectivity index (χ4v) is 7.63. The van der Waals surface area contributed by atoms with E-state index in [1.807, 2.05) is 30.3 Å². The van der Waals surface area contributed by atoms with Gasteiger partial charge in [0, 0.05) is 34.6 Å². The molecule has 0 fully saturated rings. The second-order valence-electron chi connectivity index (χ2n) is 10.7. The van der Waals surface area contributed by atoms with Gasteiger partial charge in [-0.05, 0) is 73.1 Å². The number of rotatable bonds is 6. The molecule has 0 unspecified atom stereocenters. The fraction of sp³-hybridized carbons (Fsp3) is 0.276. The predicted octanol–water partition coefficient (Wildman–Crippen LogP) is 7.85. The smallest absolute Gasteiger partial charge is 0.188 e. The molecule has 2 heterocycles. The second-order valence-corrected chi connectivity index (χ2v) is 15.3. The molecule has 0 spiro atoms. The van der Waals surface area contributed by atoms with Crippen LogP contribution in [0.3, 0.4) is 0 Å². The number of nitrogens with zero attached hydrogens (tertiary/aromatic N) is 3. The number of benzene rings is 2. The molecule has 2 aromatic heterocycles. The van der Waals surface area contributed by atoms with Crippen molar-refractivity contribution in [1.82, 2.24) is 15.0 Å². The normalized spacial score (nSPS) is 11.8. The van der Waals surface area contributed by atoms with Crippen molar-refractivity contribution in [3.05, 3.63) is 77.3 Å². The fourth-order valence-electron chi connectivity index (χ4n) is 4.33. The Morgan fingerprint density at radius 2 is 1.89 bits per heavy atom. The Morgan fingerprint density at radius 1 is 1.08 bits per heavy atom. The molecule has 0 amide bonds. The Balaban J connectivity index is 1.66. The summed E-state index contributed by atoms with van der Waals surface area (Å²) in [5, 5.41) is 4.08. The molecule has 0 aliphatic rings. The Hall–Kier alpha value is -3.31. The topological polar surface area (TPSA) is 59.9 Å². The van der Waals surface area contributed by atoms with Crippen LogP contribution >= 0.6 is 11.6 Å². The van der Waals surface area contributed by atoms with Gasteiger partial charge in [-0.25, -0.2) is 14.4 Å². The van der Waals surface area contributed by atoms with Gasteiger partial charge in [0.2, 0.25) is 0 Å². The number of hydrogen-bond acceptors (Lipinski definition) is 5. The van der Waals surface area contributed by atoms with E-state index in [1.54, 1.807) is 18.5 Å². The molecule has 0 radical (unpaired) electrons. The predicted molar refractivity (Wildman–Crippen MR) is 152 cm³/mol. The van der Waals surface area contributed by atoms with E-state index in [0.717, 1.165) is 28.1 Å². The number of halogens is 2.